The average Bonchev–Trinajstić information content (AvgIpc) is 3.08. The van der Waals surface area contributed by atoms with Crippen molar-refractivity contribution in [2.24, 2.45) is 0 Å². The van der Waals surface area contributed by atoms with Gasteiger partial charge in [-0.1, -0.05) is 60.7 Å². The molecular formula is C28H28N2OS. The molecule has 1 unspecified atom stereocenters. The maximum Gasteiger partial charge on any atom is 0.256 e. The van der Waals surface area contributed by atoms with Crippen LogP contribution in [-0.2, 0) is 0 Å². The zero-order valence-electron chi connectivity index (χ0n) is 18.9. The molecule has 0 aliphatic rings. The minimum Gasteiger partial charge on any atom is -0.374 e. The van der Waals surface area contributed by atoms with E-state index in [1.807, 2.05) is 36.4 Å². The molecule has 0 bridgehead atoms. The van der Waals surface area contributed by atoms with E-state index in [-0.39, 0.29) is 11.9 Å². The molecule has 4 heteroatoms. The molecule has 0 saturated heterocycles. The standard InChI is InChI=1S/C28H28N2OS/c1-18-12-11-17-24(19(18)2)29-26(22-13-7-5-8-14-22)25-20(3)21(4)32-28(25)30-27(31)23-15-9-6-10-16-23/h5-17,26,29H,1-4H3,(H,30,31). The third-order valence-corrected chi connectivity index (χ3v) is 7.16. The highest BCUT2D eigenvalue weighted by molar-refractivity contribution is 7.16. The van der Waals surface area contributed by atoms with Crippen LogP contribution in [0.4, 0.5) is 10.7 Å². The van der Waals surface area contributed by atoms with Gasteiger partial charge in [-0.05, 0) is 68.1 Å². The summed E-state index contributed by atoms with van der Waals surface area (Å²) in [5.74, 6) is -0.0911. The van der Waals surface area contributed by atoms with E-state index in [4.69, 9.17) is 0 Å². The van der Waals surface area contributed by atoms with Crippen molar-refractivity contribution in [1.29, 1.82) is 0 Å². The van der Waals surface area contributed by atoms with Crippen LogP contribution >= 0.6 is 11.3 Å². The molecule has 162 valence electrons. The van der Waals surface area contributed by atoms with Crippen molar-refractivity contribution in [3.8, 4) is 0 Å². The Morgan fingerprint density at radius 3 is 2.12 bits per heavy atom. The van der Waals surface area contributed by atoms with E-state index >= 15 is 0 Å². The van der Waals surface area contributed by atoms with Crippen molar-refractivity contribution < 1.29 is 4.79 Å². The van der Waals surface area contributed by atoms with Gasteiger partial charge in [-0.25, -0.2) is 0 Å². The van der Waals surface area contributed by atoms with Gasteiger partial charge in [0.1, 0.15) is 5.00 Å². The van der Waals surface area contributed by atoms with Crippen molar-refractivity contribution in [3.05, 3.63) is 117 Å². The second-order valence-corrected chi connectivity index (χ2v) is 9.31. The maximum absolute atomic E-state index is 13.0. The lowest BCUT2D eigenvalue weighted by atomic mass is 9.95. The third-order valence-electron chi connectivity index (χ3n) is 6.02. The highest BCUT2D eigenvalue weighted by atomic mass is 32.1. The Labute approximate surface area is 194 Å². The number of thiophene rings is 1. The van der Waals surface area contributed by atoms with E-state index in [1.54, 1.807) is 11.3 Å². The first-order chi connectivity index (χ1) is 15.5. The summed E-state index contributed by atoms with van der Waals surface area (Å²) in [6.45, 7) is 8.52. The fourth-order valence-corrected chi connectivity index (χ4v) is 4.97. The first kappa shape index (κ1) is 21.8. The molecule has 4 rings (SSSR count). The number of amides is 1. The number of aryl methyl sites for hydroxylation is 2. The van der Waals surface area contributed by atoms with Crippen LogP contribution in [0.1, 0.15) is 49.1 Å². The molecule has 2 N–H and O–H groups in total. The molecular weight excluding hydrogens is 412 g/mol. The Hall–Kier alpha value is -3.37. The van der Waals surface area contributed by atoms with Crippen molar-refractivity contribution in [3.63, 3.8) is 0 Å². The summed E-state index contributed by atoms with van der Waals surface area (Å²) in [7, 11) is 0. The van der Waals surface area contributed by atoms with Crippen molar-refractivity contribution in [1.82, 2.24) is 0 Å². The number of nitrogens with one attached hydrogen (secondary N) is 2. The van der Waals surface area contributed by atoms with E-state index < -0.39 is 0 Å². The summed E-state index contributed by atoms with van der Waals surface area (Å²) < 4.78 is 0. The molecule has 0 saturated carbocycles. The van der Waals surface area contributed by atoms with Gasteiger partial charge in [0.2, 0.25) is 0 Å². The van der Waals surface area contributed by atoms with Crippen LogP contribution in [0.25, 0.3) is 0 Å². The second-order valence-electron chi connectivity index (χ2n) is 8.08. The summed E-state index contributed by atoms with van der Waals surface area (Å²) >= 11 is 1.63. The van der Waals surface area contributed by atoms with E-state index in [1.165, 1.54) is 21.6 Å². The van der Waals surface area contributed by atoms with Crippen LogP contribution in [0.15, 0.2) is 78.9 Å². The van der Waals surface area contributed by atoms with Gasteiger partial charge in [0, 0.05) is 21.7 Å². The fourth-order valence-electron chi connectivity index (χ4n) is 3.88. The summed E-state index contributed by atoms with van der Waals surface area (Å²) in [4.78, 5) is 14.2. The number of rotatable bonds is 6. The highest BCUT2D eigenvalue weighted by Gasteiger charge is 2.25. The van der Waals surface area contributed by atoms with Crippen LogP contribution in [-0.4, -0.2) is 5.91 Å². The van der Waals surface area contributed by atoms with Crippen molar-refractivity contribution in [2.45, 2.75) is 33.7 Å². The van der Waals surface area contributed by atoms with Gasteiger partial charge in [-0.3, -0.25) is 4.79 Å². The molecule has 0 fully saturated rings. The van der Waals surface area contributed by atoms with E-state index in [0.717, 1.165) is 21.8 Å². The summed E-state index contributed by atoms with van der Waals surface area (Å²) in [5.41, 5.74) is 7.70. The quantitative estimate of drug-likeness (QED) is 0.327. The Morgan fingerprint density at radius 1 is 0.781 bits per heavy atom. The molecule has 1 amide bonds. The predicted molar refractivity (Wildman–Crippen MR) is 136 cm³/mol. The number of hydrogen-bond acceptors (Lipinski definition) is 3. The van der Waals surface area contributed by atoms with Crippen molar-refractivity contribution in [2.75, 3.05) is 10.6 Å². The lowest BCUT2D eigenvalue weighted by molar-refractivity contribution is 0.102. The number of hydrogen-bond donors (Lipinski definition) is 2. The van der Waals surface area contributed by atoms with Gasteiger partial charge >= 0.3 is 0 Å². The monoisotopic (exact) mass is 440 g/mol. The van der Waals surface area contributed by atoms with E-state index in [2.05, 4.69) is 80.8 Å². The summed E-state index contributed by atoms with van der Waals surface area (Å²) in [5, 5.41) is 7.86. The smallest absolute Gasteiger partial charge is 0.256 e. The predicted octanol–water partition coefficient (Wildman–Crippen LogP) is 7.44. The summed E-state index contributed by atoms with van der Waals surface area (Å²) in [6.07, 6.45) is 0. The molecule has 0 aliphatic carbocycles. The van der Waals surface area contributed by atoms with Gasteiger partial charge in [0.15, 0.2) is 0 Å². The summed E-state index contributed by atoms with van der Waals surface area (Å²) in [6, 6.07) is 26.0. The number of carbonyl (C=O) groups is 1. The van der Waals surface area contributed by atoms with E-state index in [0.29, 0.717) is 5.56 Å². The van der Waals surface area contributed by atoms with Crippen LogP contribution in [0, 0.1) is 27.7 Å². The van der Waals surface area contributed by atoms with Crippen LogP contribution in [0.5, 0.6) is 0 Å². The molecule has 1 aromatic heterocycles. The first-order valence-electron chi connectivity index (χ1n) is 10.8. The molecule has 1 heterocycles. The first-order valence-corrected chi connectivity index (χ1v) is 11.6. The number of benzene rings is 3. The van der Waals surface area contributed by atoms with Gasteiger partial charge in [0.05, 0.1) is 6.04 Å². The third kappa shape index (κ3) is 4.46. The van der Waals surface area contributed by atoms with Crippen LogP contribution in [0.3, 0.4) is 0 Å². The highest BCUT2D eigenvalue weighted by Crippen LogP contribution is 2.41. The molecule has 0 aliphatic heterocycles. The molecule has 3 aromatic carbocycles. The fraction of sp³-hybridized carbons (Fsp3) is 0.179. The molecule has 0 spiro atoms. The normalized spacial score (nSPS) is 11.8. The lowest BCUT2D eigenvalue weighted by Gasteiger charge is -2.24. The van der Waals surface area contributed by atoms with Gasteiger partial charge in [0.25, 0.3) is 5.91 Å². The lowest BCUT2D eigenvalue weighted by Crippen LogP contribution is -2.18. The average molecular weight is 441 g/mol. The van der Waals surface area contributed by atoms with Crippen LogP contribution < -0.4 is 10.6 Å². The van der Waals surface area contributed by atoms with Gasteiger partial charge in [-0.15, -0.1) is 11.3 Å². The van der Waals surface area contributed by atoms with Crippen molar-refractivity contribution >= 4 is 27.9 Å². The molecule has 32 heavy (non-hydrogen) atoms. The second kappa shape index (κ2) is 9.41. The topological polar surface area (TPSA) is 41.1 Å². The molecule has 3 nitrogen and oxygen atoms in total. The molecule has 1 atom stereocenters. The number of anilines is 2. The zero-order valence-corrected chi connectivity index (χ0v) is 19.7. The maximum atomic E-state index is 13.0. The van der Waals surface area contributed by atoms with Gasteiger partial charge in [-0.2, -0.15) is 0 Å². The Bertz CT molecular complexity index is 1230. The molecule has 4 aromatic rings. The zero-order chi connectivity index (χ0) is 22.7. The number of carbonyl (C=O) groups excluding carboxylic acids is 1. The van der Waals surface area contributed by atoms with Crippen LogP contribution in [0.2, 0.25) is 0 Å². The minimum atomic E-state index is -0.0911. The van der Waals surface area contributed by atoms with E-state index in [9.17, 15) is 4.79 Å². The largest absolute Gasteiger partial charge is 0.374 e. The Balaban J connectivity index is 1.79. The Morgan fingerprint density at radius 2 is 1.44 bits per heavy atom. The Kier molecular flexibility index (Phi) is 6.42. The minimum absolute atomic E-state index is 0.0901. The molecule has 0 radical (unpaired) electrons. The van der Waals surface area contributed by atoms with Gasteiger partial charge < -0.3 is 10.6 Å². The SMILES string of the molecule is Cc1cccc(NC(c2ccccc2)c2c(NC(=O)c3ccccc3)sc(C)c2C)c1C.